The predicted octanol–water partition coefficient (Wildman–Crippen LogP) is 3.03. The minimum absolute atomic E-state index is 0.531. The minimum Gasteiger partial charge on any atom is -0.461 e. The molecule has 0 fully saturated rings. The van der Waals surface area contributed by atoms with Crippen LogP contribution in [0.5, 0.6) is 0 Å². The molecule has 2 aromatic rings. The van der Waals surface area contributed by atoms with E-state index in [2.05, 4.69) is 50.3 Å². The molecule has 2 rings (SSSR count). The number of nitrogens with zero attached hydrogens (tertiary/aromatic N) is 1. The Kier molecular flexibility index (Phi) is 4.61. The van der Waals surface area contributed by atoms with E-state index in [0.29, 0.717) is 6.04 Å². The zero-order valence-corrected chi connectivity index (χ0v) is 12.4. The van der Waals surface area contributed by atoms with Crippen LogP contribution in [0.1, 0.15) is 25.2 Å². The Morgan fingerprint density at radius 2 is 2.00 bits per heavy atom. The minimum atomic E-state index is 0.531. The molecule has 0 spiro atoms. The number of benzene rings is 1. The lowest BCUT2D eigenvalue weighted by molar-refractivity contribution is 0.302. The van der Waals surface area contributed by atoms with Crippen molar-refractivity contribution < 1.29 is 4.42 Å². The fourth-order valence-corrected chi connectivity index (χ4v) is 2.22. The summed E-state index contributed by atoms with van der Waals surface area (Å²) < 4.78 is 5.90. The van der Waals surface area contributed by atoms with Crippen LogP contribution >= 0.6 is 0 Å². The number of aryl methyl sites for hydroxylation is 1. The second-order valence-corrected chi connectivity index (χ2v) is 5.30. The van der Waals surface area contributed by atoms with E-state index in [0.717, 1.165) is 30.9 Å². The number of rotatable bonds is 6. The first-order valence-electron chi connectivity index (χ1n) is 7.00. The first-order chi connectivity index (χ1) is 9.13. The highest BCUT2D eigenvalue weighted by Crippen LogP contribution is 2.26. The van der Waals surface area contributed by atoms with Gasteiger partial charge in [-0.3, -0.25) is 0 Å². The van der Waals surface area contributed by atoms with Gasteiger partial charge < -0.3 is 14.6 Å². The quantitative estimate of drug-likeness (QED) is 0.865. The summed E-state index contributed by atoms with van der Waals surface area (Å²) in [6.45, 7) is 6.22. The molecule has 1 atom stereocenters. The average Bonchev–Trinajstić information content (AvgIpc) is 2.76. The Morgan fingerprint density at radius 1 is 1.26 bits per heavy atom. The molecule has 19 heavy (non-hydrogen) atoms. The van der Waals surface area contributed by atoms with E-state index >= 15 is 0 Å². The first kappa shape index (κ1) is 14.1. The van der Waals surface area contributed by atoms with Crippen LogP contribution in [-0.4, -0.2) is 31.6 Å². The molecule has 0 aliphatic rings. The molecule has 0 saturated heterocycles. The smallest absolute Gasteiger partial charge is 0.134 e. The van der Waals surface area contributed by atoms with Gasteiger partial charge in [-0.25, -0.2) is 0 Å². The Morgan fingerprint density at radius 3 is 2.68 bits per heavy atom. The van der Waals surface area contributed by atoms with Crippen molar-refractivity contribution in [3.05, 3.63) is 35.6 Å². The van der Waals surface area contributed by atoms with Crippen LogP contribution in [0.4, 0.5) is 0 Å². The number of fused-ring (bicyclic) bond motifs is 1. The average molecular weight is 260 g/mol. The molecular formula is C16H24N2O. The van der Waals surface area contributed by atoms with E-state index in [1.807, 2.05) is 12.1 Å². The Balaban J connectivity index is 2.11. The molecule has 0 bridgehead atoms. The van der Waals surface area contributed by atoms with E-state index in [-0.39, 0.29) is 0 Å². The molecule has 1 heterocycles. The lowest BCUT2D eigenvalue weighted by Crippen LogP contribution is -2.35. The summed E-state index contributed by atoms with van der Waals surface area (Å²) in [6, 6.07) is 8.81. The van der Waals surface area contributed by atoms with Crippen molar-refractivity contribution in [1.29, 1.82) is 0 Å². The van der Waals surface area contributed by atoms with Gasteiger partial charge in [0.25, 0.3) is 0 Å². The summed E-state index contributed by atoms with van der Waals surface area (Å²) in [5.41, 5.74) is 2.31. The van der Waals surface area contributed by atoms with Gasteiger partial charge in [0.15, 0.2) is 0 Å². The number of nitrogens with one attached hydrogen (secondary N) is 1. The van der Waals surface area contributed by atoms with Crippen molar-refractivity contribution in [2.75, 3.05) is 20.6 Å². The molecule has 1 N–H and O–H groups in total. The van der Waals surface area contributed by atoms with Crippen LogP contribution in [0.15, 0.2) is 28.7 Å². The summed E-state index contributed by atoms with van der Waals surface area (Å²) in [7, 11) is 4.22. The van der Waals surface area contributed by atoms with E-state index in [1.54, 1.807) is 0 Å². The van der Waals surface area contributed by atoms with Crippen molar-refractivity contribution in [2.24, 2.45) is 0 Å². The number of hydrogen-bond donors (Lipinski definition) is 1. The molecule has 3 heteroatoms. The summed E-state index contributed by atoms with van der Waals surface area (Å²) in [5, 5.41) is 4.77. The summed E-state index contributed by atoms with van der Waals surface area (Å²) in [4.78, 5) is 2.22. The lowest BCUT2D eigenvalue weighted by Gasteiger charge is -2.20. The predicted molar refractivity (Wildman–Crippen MR) is 80.4 cm³/mol. The Hall–Kier alpha value is -1.32. The van der Waals surface area contributed by atoms with Gasteiger partial charge in [0.1, 0.15) is 11.3 Å². The zero-order chi connectivity index (χ0) is 13.8. The van der Waals surface area contributed by atoms with Crippen LogP contribution in [0.2, 0.25) is 0 Å². The van der Waals surface area contributed by atoms with Gasteiger partial charge >= 0.3 is 0 Å². The molecule has 0 amide bonds. The summed E-state index contributed by atoms with van der Waals surface area (Å²) >= 11 is 0. The van der Waals surface area contributed by atoms with Crippen molar-refractivity contribution in [2.45, 2.75) is 32.9 Å². The number of likely N-dealkylation sites (N-methyl/N-ethyl adjacent to an activating group) is 1. The van der Waals surface area contributed by atoms with Crippen LogP contribution in [0.3, 0.4) is 0 Å². The van der Waals surface area contributed by atoms with E-state index in [9.17, 15) is 0 Å². The SMILES string of the molecule is CCc1oc2ccccc2c1CNCC(C)N(C)C. The van der Waals surface area contributed by atoms with Gasteiger partial charge in [-0.2, -0.15) is 0 Å². The third-order valence-electron chi connectivity index (χ3n) is 3.73. The Bertz CT molecular complexity index is 531. The van der Waals surface area contributed by atoms with Gasteiger partial charge in [0.05, 0.1) is 0 Å². The topological polar surface area (TPSA) is 28.4 Å². The van der Waals surface area contributed by atoms with E-state index in [1.165, 1.54) is 10.9 Å². The van der Waals surface area contributed by atoms with Crippen molar-refractivity contribution in [1.82, 2.24) is 10.2 Å². The van der Waals surface area contributed by atoms with Crippen LogP contribution in [-0.2, 0) is 13.0 Å². The number of hydrogen-bond acceptors (Lipinski definition) is 3. The van der Waals surface area contributed by atoms with Gasteiger partial charge in [0.2, 0.25) is 0 Å². The maximum absolute atomic E-state index is 5.90. The standard InChI is InChI=1S/C16H24N2O/c1-5-15-14(11-17-10-12(2)18(3)4)13-8-6-7-9-16(13)19-15/h6-9,12,17H,5,10-11H2,1-4H3. The highest BCUT2D eigenvalue weighted by Gasteiger charge is 2.12. The number of furan rings is 1. The summed E-state index contributed by atoms with van der Waals surface area (Å²) in [6.07, 6.45) is 0.939. The molecular weight excluding hydrogens is 236 g/mol. The molecule has 1 aromatic carbocycles. The molecule has 1 aromatic heterocycles. The Labute approximate surface area is 115 Å². The molecule has 0 saturated carbocycles. The number of para-hydroxylation sites is 1. The zero-order valence-electron chi connectivity index (χ0n) is 12.4. The molecule has 104 valence electrons. The molecule has 0 aliphatic heterocycles. The maximum atomic E-state index is 5.90. The van der Waals surface area contributed by atoms with Crippen molar-refractivity contribution in [3.8, 4) is 0 Å². The second kappa shape index (κ2) is 6.22. The van der Waals surface area contributed by atoms with Gasteiger partial charge in [-0.15, -0.1) is 0 Å². The van der Waals surface area contributed by atoms with Crippen molar-refractivity contribution in [3.63, 3.8) is 0 Å². The lowest BCUT2D eigenvalue weighted by atomic mass is 10.1. The van der Waals surface area contributed by atoms with Crippen LogP contribution in [0, 0.1) is 0 Å². The fourth-order valence-electron chi connectivity index (χ4n) is 2.22. The van der Waals surface area contributed by atoms with Gasteiger partial charge in [0, 0.05) is 36.5 Å². The second-order valence-electron chi connectivity index (χ2n) is 5.30. The molecule has 3 nitrogen and oxygen atoms in total. The molecule has 0 aliphatic carbocycles. The van der Waals surface area contributed by atoms with E-state index < -0.39 is 0 Å². The maximum Gasteiger partial charge on any atom is 0.134 e. The monoisotopic (exact) mass is 260 g/mol. The molecule has 1 unspecified atom stereocenters. The summed E-state index contributed by atoms with van der Waals surface area (Å²) in [5.74, 6) is 1.10. The van der Waals surface area contributed by atoms with Crippen LogP contribution < -0.4 is 5.32 Å². The van der Waals surface area contributed by atoms with Gasteiger partial charge in [-0.1, -0.05) is 25.1 Å². The molecule has 0 radical (unpaired) electrons. The van der Waals surface area contributed by atoms with Crippen LogP contribution in [0.25, 0.3) is 11.0 Å². The largest absolute Gasteiger partial charge is 0.461 e. The third kappa shape index (κ3) is 3.17. The highest BCUT2D eigenvalue weighted by atomic mass is 16.3. The van der Waals surface area contributed by atoms with Crippen molar-refractivity contribution >= 4 is 11.0 Å². The highest BCUT2D eigenvalue weighted by molar-refractivity contribution is 5.82. The third-order valence-corrected chi connectivity index (χ3v) is 3.73. The first-order valence-corrected chi connectivity index (χ1v) is 7.00. The van der Waals surface area contributed by atoms with E-state index in [4.69, 9.17) is 4.42 Å². The van der Waals surface area contributed by atoms with Gasteiger partial charge in [-0.05, 0) is 27.1 Å². The fraction of sp³-hybridized carbons (Fsp3) is 0.500. The normalized spacial score (nSPS) is 13.3.